The molecule has 0 spiro atoms. The van der Waals surface area contributed by atoms with Crippen LogP contribution in [0.3, 0.4) is 0 Å². The van der Waals surface area contributed by atoms with Gasteiger partial charge in [-0.25, -0.2) is 0 Å². The zero-order chi connectivity index (χ0) is 13.0. The Morgan fingerprint density at radius 2 is 1.89 bits per heavy atom. The summed E-state index contributed by atoms with van der Waals surface area (Å²) in [5.41, 5.74) is -0.00609. The number of rotatable bonds is 3. The second kappa shape index (κ2) is 5.91. The van der Waals surface area contributed by atoms with Crippen molar-refractivity contribution in [2.24, 2.45) is 0 Å². The molecule has 1 heterocycles. The van der Waals surface area contributed by atoms with Gasteiger partial charge in [0.05, 0.1) is 4.92 Å². The Morgan fingerprint density at radius 1 is 1.22 bits per heavy atom. The fourth-order valence-corrected chi connectivity index (χ4v) is 2.36. The second-order valence-corrected chi connectivity index (χ2v) is 4.70. The van der Waals surface area contributed by atoms with E-state index >= 15 is 0 Å². The standard InChI is InChI=1S/C13H17FN2O2/c14-13-11(6-5-7-12(13)16(17)18)10-15-8-3-1-2-4-9-15/h5-7H,1-4,8-10H2. The highest BCUT2D eigenvalue weighted by Crippen LogP contribution is 2.22. The molecule has 0 aliphatic carbocycles. The monoisotopic (exact) mass is 252 g/mol. The molecule has 98 valence electrons. The van der Waals surface area contributed by atoms with Gasteiger partial charge in [-0.2, -0.15) is 4.39 Å². The maximum absolute atomic E-state index is 13.9. The minimum Gasteiger partial charge on any atom is -0.299 e. The summed E-state index contributed by atoms with van der Waals surface area (Å²) >= 11 is 0. The first-order chi connectivity index (χ1) is 8.68. The van der Waals surface area contributed by atoms with Crippen molar-refractivity contribution in [3.8, 4) is 0 Å². The van der Waals surface area contributed by atoms with E-state index in [9.17, 15) is 14.5 Å². The zero-order valence-corrected chi connectivity index (χ0v) is 10.3. The van der Waals surface area contributed by atoms with Gasteiger partial charge in [-0.1, -0.05) is 25.0 Å². The zero-order valence-electron chi connectivity index (χ0n) is 10.3. The number of hydrogen-bond acceptors (Lipinski definition) is 3. The summed E-state index contributed by atoms with van der Waals surface area (Å²) in [5.74, 6) is -0.688. The second-order valence-electron chi connectivity index (χ2n) is 4.70. The molecule has 1 aromatic rings. The van der Waals surface area contributed by atoms with E-state index in [0.717, 1.165) is 25.9 Å². The van der Waals surface area contributed by atoms with Gasteiger partial charge in [0.1, 0.15) is 0 Å². The van der Waals surface area contributed by atoms with Gasteiger partial charge in [-0.3, -0.25) is 15.0 Å². The average Bonchev–Trinajstić information content (AvgIpc) is 2.60. The average molecular weight is 252 g/mol. The summed E-state index contributed by atoms with van der Waals surface area (Å²) in [7, 11) is 0. The van der Waals surface area contributed by atoms with Crippen LogP contribution in [0.2, 0.25) is 0 Å². The summed E-state index contributed by atoms with van der Waals surface area (Å²) in [4.78, 5) is 12.2. The van der Waals surface area contributed by atoms with Crippen LogP contribution in [0.5, 0.6) is 0 Å². The van der Waals surface area contributed by atoms with Crippen LogP contribution >= 0.6 is 0 Å². The Labute approximate surface area is 106 Å². The summed E-state index contributed by atoms with van der Waals surface area (Å²) < 4.78 is 13.9. The first-order valence-electron chi connectivity index (χ1n) is 6.32. The lowest BCUT2D eigenvalue weighted by Gasteiger charge is -2.19. The molecule has 0 atom stereocenters. The maximum atomic E-state index is 13.9. The molecule has 1 aromatic carbocycles. The van der Waals surface area contributed by atoms with Gasteiger partial charge in [0.25, 0.3) is 0 Å². The summed E-state index contributed by atoms with van der Waals surface area (Å²) in [6.45, 7) is 2.36. The lowest BCUT2D eigenvalue weighted by molar-refractivity contribution is -0.387. The third kappa shape index (κ3) is 3.04. The smallest absolute Gasteiger partial charge is 0.299 e. The molecular formula is C13H17FN2O2. The molecule has 5 heteroatoms. The Morgan fingerprint density at radius 3 is 2.50 bits per heavy atom. The lowest BCUT2D eigenvalue weighted by Crippen LogP contribution is -2.24. The fraction of sp³-hybridized carbons (Fsp3) is 0.538. The van der Waals surface area contributed by atoms with Crippen molar-refractivity contribution in [3.63, 3.8) is 0 Å². The number of likely N-dealkylation sites (tertiary alicyclic amines) is 1. The van der Waals surface area contributed by atoms with Crippen molar-refractivity contribution in [3.05, 3.63) is 39.7 Å². The minimum atomic E-state index is -0.688. The molecule has 1 saturated heterocycles. The van der Waals surface area contributed by atoms with E-state index < -0.39 is 16.4 Å². The van der Waals surface area contributed by atoms with E-state index in [2.05, 4.69) is 4.90 Å². The van der Waals surface area contributed by atoms with Crippen molar-refractivity contribution >= 4 is 5.69 Å². The number of nitro groups is 1. The van der Waals surface area contributed by atoms with Crippen LogP contribution < -0.4 is 0 Å². The van der Waals surface area contributed by atoms with Crippen LogP contribution in [0.15, 0.2) is 18.2 Å². The van der Waals surface area contributed by atoms with E-state index in [-0.39, 0.29) is 0 Å². The first-order valence-corrected chi connectivity index (χ1v) is 6.32. The first kappa shape index (κ1) is 13.0. The predicted molar refractivity (Wildman–Crippen MR) is 66.8 cm³/mol. The molecule has 0 saturated carbocycles. The Balaban J connectivity index is 2.13. The molecule has 0 bridgehead atoms. The molecule has 0 N–H and O–H groups in total. The SMILES string of the molecule is O=[N+]([O-])c1cccc(CN2CCCCCC2)c1F. The van der Waals surface area contributed by atoms with Crippen molar-refractivity contribution in [2.75, 3.05) is 13.1 Å². The van der Waals surface area contributed by atoms with Crippen molar-refractivity contribution in [1.82, 2.24) is 4.90 Å². The number of halogens is 1. The molecule has 0 aromatic heterocycles. The summed E-state index contributed by atoms with van der Waals surface area (Å²) in [5, 5.41) is 10.7. The lowest BCUT2D eigenvalue weighted by atomic mass is 10.1. The maximum Gasteiger partial charge on any atom is 0.305 e. The molecule has 4 nitrogen and oxygen atoms in total. The Hall–Kier alpha value is -1.49. The number of benzene rings is 1. The van der Waals surface area contributed by atoms with E-state index in [1.165, 1.54) is 18.9 Å². The number of nitrogens with zero attached hydrogens (tertiary/aromatic N) is 2. The topological polar surface area (TPSA) is 46.4 Å². The molecule has 2 rings (SSSR count). The molecule has 1 aliphatic heterocycles. The van der Waals surface area contributed by atoms with Crippen LogP contribution in [0.4, 0.5) is 10.1 Å². The van der Waals surface area contributed by atoms with E-state index in [0.29, 0.717) is 12.1 Å². The highest BCUT2D eigenvalue weighted by atomic mass is 19.1. The minimum absolute atomic E-state index is 0.422. The molecule has 18 heavy (non-hydrogen) atoms. The third-order valence-electron chi connectivity index (χ3n) is 3.35. The van der Waals surface area contributed by atoms with E-state index in [1.807, 2.05) is 0 Å². The van der Waals surface area contributed by atoms with Gasteiger partial charge in [0, 0.05) is 18.2 Å². The summed E-state index contributed by atoms with van der Waals surface area (Å²) in [6, 6.07) is 4.39. The molecular weight excluding hydrogens is 235 g/mol. The van der Waals surface area contributed by atoms with Gasteiger partial charge in [-0.15, -0.1) is 0 Å². The van der Waals surface area contributed by atoms with Crippen LogP contribution in [0, 0.1) is 15.9 Å². The Kier molecular flexibility index (Phi) is 4.25. The normalized spacial score (nSPS) is 17.4. The number of nitro benzene ring substituents is 1. The van der Waals surface area contributed by atoms with Crippen molar-refractivity contribution < 1.29 is 9.31 Å². The molecule has 0 radical (unpaired) electrons. The van der Waals surface area contributed by atoms with Gasteiger partial charge < -0.3 is 0 Å². The van der Waals surface area contributed by atoms with Crippen molar-refractivity contribution in [2.45, 2.75) is 32.2 Å². The van der Waals surface area contributed by atoms with E-state index in [1.54, 1.807) is 12.1 Å². The largest absolute Gasteiger partial charge is 0.305 e. The fourth-order valence-electron chi connectivity index (χ4n) is 2.36. The van der Waals surface area contributed by atoms with Crippen LogP contribution in [-0.4, -0.2) is 22.9 Å². The van der Waals surface area contributed by atoms with Gasteiger partial charge >= 0.3 is 5.69 Å². The molecule has 1 aliphatic rings. The van der Waals surface area contributed by atoms with Crippen molar-refractivity contribution in [1.29, 1.82) is 0 Å². The Bertz CT molecular complexity index is 429. The summed E-state index contributed by atoms with van der Waals surface area (Å²) in [6.07, 6.45) is 4.68. The molecule has 0 amide bonds. The highest BCUT2D eigenvalue weighted by Gasteiger charge is 2.19. The van der Waals surface area contributed by atoms with Crippen LogP contribution in [-0.2, 0) is 6.54 Å². The van der Waals surface area contributed by atoms with E-state index in [4.69, 9.17) is 0 Å². The number of hydrogen-bond donors (Lipinski definition) is 0. The van der Waals surface area contributed by atoms with Gasteiger partial charge in [-0.05, 0) is 25.9 Å². The van der Waals surface area contributed by atoms with Crippen LogP contribution in [0.25, 0.3) is 0 Å². The van der Waals surface area contributed by atoms with Crippen LogP contribution in [0.1, 0.15) is 31.2 Å². The third-order valence-corrected chi connectivity index (χ3v) is 3.35. The van der Waals surface area contributed by atoms with Gasteiger partial charge in [0.2, 0.25) is 5.82 Å². The molecule has 1 fully saturated rings. The molecule has 0 unspecified atom stereocenters. The quantitative estimate of drug-likeness (QED) is 0.613. The predicted octanol–water partition coefficient (Wildman–Crippen LogP) is 3.11. The highest BCUT2D eigenvalue weighted by molar-refractivity contribution is 5.36. The van der Waals surface area contributed by atoms with Gasteiger partial charge in [0.15, 0.2) is 0 Å².